The number of aryl methyl sites for hydroxylation is 2. The molecule has 1 atom stereocenters. The van der Waals surface area contributed by atoms with Crippen molar-refractivity contribution in [1.82, 2.24) is 15.6 Å². The highest BCUT2D eigenvalue weighted by molar-refractivity contribution is 14.0. The Labute approximate surface area is 181 Å². The van der Waals surface area contributed by atoms with Gasteiger partial charge in [0.05, 0.1) is 23.3 Å². The number of carbonyl (C=O) groups is 1. The minimum atomic E-state index is 0. The average Bonchev–Trinajstić information content (AvgIpc) is 3.15. The van der Waals surface area contributed by atoms with E-state index in [-0.39, 0.29) is 35.9 Å². The lowest BCUT2D eigenvalue weighted by Gasteiger charge is -2.19. The Hall–Kier alpha value is -1.68. The highest BCUT2D eigenvalue weighted by Crippen LogP contribution is 2.21. The van der Waals surface area contributed by atoms with Crippen LogP contribution in [0.5, 0.6) is 0 Å². The van der Waals surface area contributed by atoms with Gasteiger partial charge in [-0.3, -0.25) is 4.79 Å². The standard InChI is InChI=1S/C19H25N5OS.HI/c1-4-20-19(21-11-17-13(2)22-14(3)26-17)23-15-10-18(25)24(12-15)16-8-6-5-7-9-16;/h5-9,15H,4,10-12H2,1-3H3,(H2,20,21,23);1H. The van der Waals surface area contributed by atoms with Crippen molar-refractivity contribution in [2.75, 3.05) is 18.0 Å². The molecule has 1 amide bonds. The van der Waals surface area contributed by atoms with E-state index in [9.17, 15) is 4.79 Å². The number of hydrogen-bond donors (Lipinski definition) is 2. The van der Waals surface area contributed by atoms with Crippen LogP contribution in [0.25, 0.3) is 0 Å². The highest BCUT2D eigenvalue weighted by Gasteiger charge is 2.31. The first-order valence-electron chi connectivity index (χ1n) is 8.90. The number of para-hydroxylation sites is 1. The Balaban J connectivity index is 0.00000261. The molecule has 2 aromatic rings. The summed E-state index contributed by atoms with van der Waals surface area (Å²) in [5, 5.41) is 7.73. The molecule has 3 rings (SSSR count). The summed E-state index contributed by atoms with van der Waals surface area (Å²) in [4.78, 5) is 24.5. The maximum absolute atomic E-state index is 12.4. The number of halogens is 1. The lowest BCUT2D eigenvalue weighted by atomic mass is 10.2. The molecule has 0 bridgehead atoms. The fourth-order valence-electron chi connectivity index (χ4n) is 3.05. The van der Waals surface area contributed by atoms with Crippen LogP contribution in [0.4, 0.5) is 5.69 Å². The highest BCUT2D eigenvalue weighted by atomic mass is 127. The summed E-state index contributed by atoms with van der Waals surface area (Å²) >= 11 is 1.68. The van der Waals surface area contributed by atoms with Crippen molar-refractivity contribution in [1.29, 1.82) is 0 Å². The van der Waals surface area contributed by atoms with Gasteiger partial charge in [-0.05, 0) is 32.9 Å². The lowest BCUT2D eigenvalue weighted by Crippen LogP contribution is -2.44. The number of amides is 1. The van der Waals surface area contributed by atoms with Crippen molar-refractivity contribution in [3.8, 4) is 0 Å². The maximum atomic E-state index is 12.4. The van der Waals surface area contributed by atoms with Gasteiger partial charge in [0.25, 0.3) is 0 Å². The van der Waals surface area contributed by atoms with E-state index in [1.54, 1.807) is 11.3 Å². The summed E-state index contributed by atoms with van der Waals surface area (Å²) < 4.78 is 0. The number of guanidine groups is 1. The number of hydrogen-bond acceptors (Lipinski definition) is 4. The molecule has 6 nitrogen and oxygen atoms in total. The first-order valence-corrected chi connectivity index (χ1v) is 9.71. The molecule has 27 heavy (non-hydrogen) atoms. The topological polar surface area (TPSA) is 69.6 Å². The summed E-state index contributed by atoms with van der Waals surface area (Å²) in [5.74, 6) is 0.879. The predicted octanol–water partition coefficient (Wildman–Crippen LogP) is 3.24. The molecule has 0 spiro atoms. The number of aliphatic imine (C=N–C) groups is 1. The molecule has 0 saturated carbocycles. The molecule has 1 aliphatic rings. The minimum absolute atomic E-state index is 0. The van der Waals surface area contributed by atoms with Gasteiger partial charge in [-0.15, -0.1) is 35.3 Å². The van der Waals surface area contributed by atoms with Gasteiger partial charge in [0.2, 0.25) is 5.91 Å². The van der Waals surface area contributed by atoms with E-state index >= 15 is 0 Å². The molecular weight excluding hydrogens is 473 g/mol. The molecule has 0 radical (unpaired) electrons. The number of thiazole rings is 1. The van der Waals surface area contributed by atoms with Crippen molar-refractivity contribution in [2.24, 2.45) is 4.99 Å². The van der Waals surface area contributed by atoms with Crippen LogP contribution in [0.3, 0.4) is 0 Å². The molecule has 0 aliphatic carbocycles. The Bertz CT molecular complexity index is 793. The molecule has 8 heteroatoms. The molecule has 1 aromatic heterocycles. The van der Waals surface area contributed by atoms with Gasteiger partial charge < -0.3 is 15.5 Å². The zero-order valence-corrected chi connectivity index (χ0v) is 19.0. The smallest absolute Gasteiger partial charge is 0.229 e. The van der Waals surface area contributed by atoms with Crippen molar-refractivity contribution >= 4 is 52.9 Å². The van der Waals surface area contributed by atoms with Crippen LogP contribution < -0.4 is 15.5 Å². The monoisotopic (exact) mass is 499 g/mol. The van der Waals surface area contributed by atoms with Gasteiger partial charge in [-0.25, -0.2) is 9.98 Å². The van der Waals surface area contributed by atoms with Crippen molar-refractivity contribution in [2.45, 2.75) is 39.8 Å². The van der Waals surface area contributed by atoms with Crippen LogP contribution in [0, 0.1) is 13.8 Å². The van der Waals surface area contributed by atoms with Gasteiger partial charge in [0.1, 0.15) is 0 Å². The molecule has 1 aromatic carbocycles. The minimum Gasteiger partial charge on any atom is -0.357 e. The van der Waals surface area contributed by atoms with E-state index in [4.69, 9.17) is 0 Å². The second-order valence-corrected chi connectivity index (χ2v) is 7.61. The molecule has 146 valence electrons. The zero-order valence-electron chi connectivity index (χ0n) is 15.9. The quantitative estimate of drug-likeness (QED) is 0.377. The Kier molecular flexibility index (Phi) is 8.03. The zero-order chi connectivity index (χ0) is 18.5. The fraction of sp³-hybridized carbons (Fsp3) is 0.421. The molecule has 2 heterocycles. The van der Waals surface area contributed by atoms with E-state index < -0.39 is 0 Å². The first kappa shape index (κ1) is 21.6. The molecular formula is C19H26IN5OS. The van der Waals surface area contributed by atoms with Crippen molar-refractivity contribution in [3.63, 3.8) is 0 Å². The molecule has 1 unspecified atom stereocenters. The van der Waals surface area contributed by atoms with Crippen LogP contribution in [0.15, 0.2) is 35.3 Å². The summed E-state index contributed by atoms with van der Waals surface area (Å²) in [7, 11) is 0. The third-order valence-electron chi connectivity index (χ3n) is 4.26. The van der Waals surface area contributed by atoms with Crippen LogP contribution in [0.1, 0.15) is 28.9 Å². The third-order valence-corrected chi connectivity index (χ3v) is 5.32. The summed E-state index contributed by atoms with van der Waals surface area (Å²) in [6.07, 6.45) is 0.470. The Morgan fingerprint density at radius 2 is 2.07 bits per heavy atom. The first-order chi connectivity index (χ1) is 12.6. The largest absolute Gasteiger partial charge is 0.357 e. The van der Waals surface area contributed by atoms with Crippen LogP contribution in [0.2, 0.25) is 0 Å². The van der Waals surface area contributed by atoms with Gasteiger partial charge in [0, 0.05) is 30.1 Å². The number of benzene rings is 1. The number of anilines is 1. The van der Waals surface area contributed by atoms with Gasteiger partial charge in [-0.1, -0.05) is 18.2 Å². The number of nitrogens with zero attached hydrogens (tertiary/aromatic N) is 3. The SMILES string of the molecule is CCNC(=NCc1sc(C)nc1C)NC1CC(=O)N(c2ccccc2)C1.I. The second kappa shape index (κ2) is 10.0. The third kappa shape index (κ3) is 5.65. The predicted molar refractivity (Wildman–Crippen MR) is 122 cm³/mol. The van der Waals surface area contributed by atoms with Crippen LogP contribution in [-0.2, 0) is 11.3 Å². The van der Waals surface area contributed by atoms with Crippen LogP contribution >= 0.6 is 35.3 Å². The van der Waals surface area contributed by atoms with Crippen LogP contribution in [-0.4, -0.2) is 36.0 Å². The fourth-order valence-corrected chi connectivity index (χ4v) is 3.91. The lowest BCUT2D eigenvalue weighted by molar-refractivity contribution is -0.117. The van der Waals surface area contributed by atoms with E-state index in [2.05, 4.69) is 20.6 Å². The van der Waals surface area contributed by atoms with Crippen molar-refractivity contribution < 1.29 is 4.79 Å². The van der Waals surface area contributed by atoms with Gasteiger partial charge >= 0.3 is 0 Å². The van der Waals surface area contributed by atoms with E-state index in [0.29, 0.717) is 19.5 Å². The van der Waals surface area contributed by atoms with Gasteiger partial charge in [0.15, 0.2) is 5.96 Å². The number of rotatable bonds is 5. The Morgan fingerprint density at radius 3 is 2.70 bits per heavy atom. The van der Waals surface area contributed by atoms with E-state index in [1.807, 2.05) is 56.0 Å². The van der Waals surface area contributed by atoms with Crippen molar-refractivity contribution in [3.05, 3.63) is 45.9 Å². The Morgan fingerprint density at radius 1 is 1.33 bits per heavy atom. The molecule has 1 saturated heterocycles. The molecule has 2 N–H and O–H groups in total. The average molecular weight is 499 g/mol. The second-order valence-electron chi connectivity index (χ2n) is 6.32. The number of nitrogens with one attached hydrogen (secondary N) is 2. The van der Waals surface area contributed by atoms with Gasteiger partial charge in [-0.2, -0.15) is 0 Å². The summed E-state index contributed by atoms with van der Waals surface area (Å²) in [6, 6.07) is 9.84. The summed E-state index contributed by atoms with van der Waals surface area (Å²) in [5.41, 5.74) is 1.98. The number of aromatic nitrogens is 1. The molecule has 1 fully saturated rings. The molecule has 1 aliphatic heterocycles. The number of carbonyl (C=O) groups excluding carboxylic acids is 1. The maximum Gasteiger partial charge on any atom is 0.229 e. The normalized spacial score (nSPS) is 17.0. The summed E-state index contributed by atoms with van der Waals surface area (Å²) in [6.45, 7) is 8.07. The van der Waals surface area contributed by atoms with E-state index in [1.165, 1.54) is 4.88 Å². The van der Waals surface area contributed by atoms with E-state index in [0.717, 1.165) is 28.9 Å².